The summed E-state index contributed by atoms with van der Waals surface area (Å²) in [4.78, 5) is 14.8. The van der Waals surface area contributed by atoms with Crippen LogP contribution in [0.25, 0.3) is 0 Å². The minimum atomic E-state index is 0.0747. The summed E-state index contributed by atoms with van der Waals surface area (Å²) in [6.45, 7) is 3.69. The van der Waals surface area contributed by atoms with Gasteiger partial charge in [0.2, 0.25) is 5.91 Å². The second-order valence-electron chi connectivity index (χ2n) is 6.70. The minimum absolute atomic E-state index is 0.0747. The molecule has 1 heterocycles. The van der Waals surface area contributed by atoms with Crippen LogP contribution >= 0.6 is 0 Å². The van der Waals surface area contributed by atoms with Gasteiger partial charge >= 0.3 is 0 Å². The van der Waals surface area contributed by atoms with Crippen molar-refractivity contribution in [2.24, 2.45) is 0 Å². The molecule has 0 saturated carbocycles. The Balaban J connectivity index is 1.63. The number of hydrogen-bond donors (Lipinski definition) is 1. The van der Waals surface area contributed by atoms with Crippen LogP contribution in [0.1, 0.15) is 23.6 Å². The molecule has 1 N–H and O–H groups in total. The molecule has 0 aromatic heterocycles. The van der Waals surface area contributed by atoms with Crippen molar-refractivity contribution in [3.05, 3.63) is 65.7 Å². The first-order valence-corrected chi connectivity index (χ1v) is 9.53. The molecule has 2 aromatic carbocycles. The molecule has 2 aromatic rings. The molecule has 0 bridgehead atoms. The number of nitrogens with zero attached hydrogens (tertiary/aromatic N) is 1. The van der Waals surface area contributed by atoms with E-state index in [0.717, 1.165) is 30.8 Å². The largest absolute Gasteiger partial charge is 0.496 e. The van der Waals surface area contributed by atoms with Gasteiger partial charge in [-0.3, -0.25) is 9.69 Å². The van der Waals surface area contributed by atoms with Crippen molar-refractivity contribution in [3.8, 4) is 5.75 Å². The highest BCUT2D eigenvalue weighted by Gasteiger charge is 2.25. The Kier molecular flexibility index (Phi) is 7.25. The molecular formula is C22H28N2O3. The Bertz CT molecular complexity index is 715. The maximum atomic E-state index is 12.4. The van der Waals surface area contributed by atoms with E-state index in [1.807, 2.05) is 36.4 Å². The Hall–Kier alpha value is -2.37. The summed E-state index contributed by atoms with van der Waals surface area (Å²) in [5, 5.41) is 3.12. The van der Waals surface area contributed by atoms with E-state index in [-0.39, 0.29) is 11.9 Å². The number of hydrogen-bond acceptors (Lipinski definition) is 4. The van der Waals surface area contributed by atoms with Crippen LogP contribution in [0.4, 0.5) is 0 Å². The molecule has 1 saturated heterocycles. The fourth-order valence-electron chi connectivity index (χ4n) is 3.47. The number of carbonyl (C=O) groups excluding carboxylic acids is 1. The number of rotatable bonds is 8. The summed E-state index contributed by atoms with van der Waals surface area (Å²) in [7, 11) is 1.69. The van der Waals surface area contributed by atoms with Crippen molar-refractivity contribution >= 4 is 5.91 Å². The predicted octanol–water partition coefficient (Wildman–Crippen LogP) is 2.82. The Morgan fingerprint density at radius 1 is 1.11 bits per heavy atom. The van der Waals surface area contributed by atoms with Crippen LogP contribution in [-0.4, -0.2) is 50.8 Å². The van der Waals surface area contributed by atoms with E-state index in [2.05, 4.69) is 28.4 Å². The zero-order valence-corrected chi connectivity index (χ0v) is 15.9. The number of benzene rings is 2. The maximum absolute atomic E-state index is 12.4. The topological polar surface area (TPSA) is 50.8 Å². The first-order valence-electron chi connectivity index (χ1n) is 9.53. The molecule has 0 aliphatic carbocycles. The molecule has 144 valence electrons. The monoisotopic (exact) mass is 368 g/mol. The van der Waals surface area contributed by atoms with Gasteiger partial charge in [0.25, 0.3) is 0 Å². The van der Waals surface area contributed by atoms with E-state index in [0.29, 0.717) is 26.2 Å². The number of carbonyl (C=O) groups is 1. The van der Waals surface area contributed by atoms with Crippen molar-refractivity contribution in [1.29, 1.82) is 0 Å². The maximum Gasteiger partial charge on any atom is 0.220 e. The molecule has 1 aliphatic heterocycles. The summed E-state index contributed by atoms with van der Waals surface area (Å²) < 4.78 is 11.1. The average Bonchev–Trinajstić information content (AvgIpc) is 2.74. The summed E-state index contributed by atoms with van der Waals surface area (Å²) in [5.41, 5.74) is 2.28. The van der Waals surface area contributed by atoms with Gasteiger partial charge in [0, 0.05) is 31.6 Å². The number of aryl methyl sites for hydroxylation is 1. The van der Waals surface area contributed by atoms with Crippen molar-refractivity contribution in [1.82, 2.24) is 10.2 Å². The predicted molar refractivity (Wildman–Crippen MR) is 106 cm³/mol. The fraction of sp³-hybridized carbons (Fsp3) is 0.409. The van der Waals surface area contributed by atoms with Gasteiger partial charge in [-0.25, -0.2) is 0 Å². The van der Waals surface area contributed by atoms with Crippen molar-refractivity contribution in [2.75, 3.05) is 40.0 Å². The van der Waals surface area contributed by atoms with Crippen molar-refractivity contribution in [3.63, 3.8) is 0 Å². The summed E-state index contributed by atoms with van der Waals surface area (Å²) in [5.74, 6) is 0.930. The number of nitrogens with one attached hydrogen (secondary N) is 1. The second-order valence-corrected chi connectivity index (χ2v) is 6.70. The third-order valence-corrected chi connectivity index (χ3v) is 4.96. The molecule has 3 rings (SSSR count). The average molecular weight is 368 g/mol. The van der Waals surface area contributed by atoms with Crippen LogP contribution in [0.2, 0.25) is 0 Å². The fourth-order valence-corrected chi connectivity index (χ4v) is 3.47. The van der Waals surface area contributed by atoms with Gasteiger partial charge in [0.05, 0.1) is 26.4 Å². The molecule has 1 amide bonds. The van der Waals surface area contributed by atoms with Crippen molar-refractivity contribution in [2.45, 2.75) is 18.9 Å². The van der Waals surface area contributed by atoms with E-state index in [1.165, 1.54) is 5.56 Å². The van der Waals surface area contributed by atoms with Crippen LogP contribution < -0.4 is 10.1 Å². The van der Waals surface area contributed by atoms with Crippen LogP contribution in [0.5, 0.6) is 5.75 Å². The molecule has 0 radical (unpaired) electrons. The SMILES string of the molecule is COc1ccccc1C(CNC(=O)CCc1ccccc1)N1CCOCC1. The van der Waals surface area contributed by atoms with E-state index < -0.39 is 0 Å². The lowest BCUT2D eigenvalue weighted by molar-refractivity contribution is -0.121. The number of amides is 1. The lowest BCUT2D eigenvalue weighted by Gasteiger charge is -2.35. The van der Waals surface area contributed by atoms with Crippen LogP contribution in [0.3, 0.4) is 0 Å². The van der Waals surface area contributed by atoms with Crippen LogP contribution in [0, 0.1) is 0 Å². The molecule has 0 spiro atoms. The van der Waals surface area contributed by atoms with Gasteiger partial charge in [-0.1, -0.05) is 48.5 Å². The third kappa shape index (κ3) is 5.55. The van der Waals surface area contributed by atoms with E-state index in [4.69, 9.17) is 9.47 Å². The lowest BCUT2D eigenvalue weighted by Crippen LogP contribution is -2.44. The summed E-state index contributed by atoms with van der Waals surface area (Å²) in [6, 6.07) is 18.2. The highest BCUT2D eigenvalue weighted by Crippen LogP contribution is 2.29. The van der Waals surface area contributed by atoms with E-state index in [9.17, 15) is 4.79 Å². The quantitative estimate of drug-likeness (QED) is 0.778. The summed E-state index contributed by atoms with van der Waals surface area (Å²) >= 11 is 0. The van der Waals surface area contributed by atoms with Gasteiger partial charge in [0.15, 0.2) is 0 Å². The lowest BCUT2D eigenvalue weighted by atomic mass is 10.0. The molecule has 1 atom stereocenters. The molecular weight excluding hydrogens is 340 g/mol. The first-order chi connectivity index (χ1) is 13.3. The molecule has 1 fully saturated rings. The van der Waals surface area contributed by atoms with E-state index >= 15 is 0 Å². The standard InChI is InChI=1S/C22H28N2O3/c1-26-21-10-6-5-9-19(21)20(24-13-15-27-16-14-24)17-23-22(25)12-11-18-7-3-2-4-8-18/h2-10,20H,11-17H2,1H3,(H,23,25). The number of methoxy groups -OCH3 is 1. The minimum Gasteiger partial charge on any atom is -0.496 e. The van der Waals surface area contributed by atoms with E-state index in [1.54, 1.807) is 7.11 Å². The Morgan fingerprint density at radius 2 is 1.81 bits per heavy atom. The van der Waals surface area contributed by atoms with Gasteiger partial charge in [-0.05, 0) is 18.1 Å². The van der Waals surface area contributed by atoms with Crippen molar-refractivity contribution < 1.29 is 14.3 Å². The Morgan fingerprint density at radius 3 is 2.56 bits per heavy atom. The molecule has 5 nitrogen and oxygen atoms in total. The highest BCUT2D eigenvalue weighted by molar-refractivity contribution is 5.76. The molecule has 1 unspecified atom stereocenters. The highest BCUT2D eigenvalue weighted by atomic mass is 16.5. The van der Waals surface area contributed by atoms with Crippen LogP contribution in [0.15, 0.2) is 54.6 Å². The number of para-hydroxylation sites is 1. The second kappa shape index (κ2) is 10.1. The van der Waals surface area contributed by atoms with Gasteiger partial charge in [0.1, 0.15) is 5.75 Å². The van der Waals surface area contributed by atoms with Gasteiger partial charge < -0.3 is 14.8 Å². The Labute approximate surface area is 161 Å². The number of ether oxygens (including phenoxy) is 2. The molecule has 5 heteroatoms. The first kappa shape index (κ1) is 19.4. The third-order valence-electron chi connectivity index (χ3n) is 4.96. The van der Waals surface area contributed by atoms with Gasteiger partial charge in [-0.15, -0.1) is 0 Å². The zero-order chi connectivity index (χ0) is 18.9. The van der Waals surface area contributed by atoms with Gasteiger partial charge in [-0.2, -0.15) is 0 Å². The molecule has 27 heavy (non-hydrogen) atoms. The smallest absolute Gasteiger partial charge is 0.220 e. The summed E-state index contributed by atoms with van der Waals surface area (Å²) in [6.07, 6.45) is 1.25. The normalized spacial score (nSPS) is 15.9. The number of morpholine rings is 1. The zero-order valence-electron chi connectivity index (χ0n) is 15.9. The molecule has 1 aliphatic rings. The van der Waals surface area contributed by atoms with Crippen LogP contribution in [-0.2, 0) is 16.0 Å².